The summed E-state index contributed by atoms with van der Waals surface area (Å²) in [5.41, 5.74) is 1.22. The first-order chi connectivity index (χ1) is 16.3. The van der Waals surface area contributed by atoms with Crippen molar-refractivity contribution in [1.29, 1.82) is 5.26 Å². The van der Waals surface area contributed by atoms with Crippen molar-refractivity contribution in [3.63, 3.8) is 0 Å². The summed E-state index contributed by atoms with van der Waals surface area (Å²) in [6.45, 7) is 5.38. The van der Waals surface area contributed by atoms with Gasteiger partial charge in [-0.3, -0.25) is 0 Å². The van der Waals surface area contributed by atoms with Gasteiger partial charge in [0.1, 0.15) is 6.67 Å². The van der Waals surface area contributed by atoms with Crippen molar-refractivity contribution in [3.8, 4) is 29.1 Å². The fraction of sp³-hybridized carbons (Fsp3) is 0.519. The molecule has 2 aromatic rings. The Morgan fingerprint density at radius 3 is 2.26 bits per heavy atom. The van der Waals surface area contributed by atoms with Gasteiger partial charge in [0.15, 0.2) is 23.0 Å². The third-order valence-corrected chi connectivity index (χ3v) is 6.49. The van der Waals surface area contributed by atoms with Crippen molar-refractivity contribution >= 4 is 0 Å². The van der Waals surface area contributed by atoms with Crippen LogP contribution in [0, 0.1) is 17.2 Å². The lowest BCUT2D eigenvalue weighted by atomic mass is 9.69. The Morgan fingerprint density at radius 2 is 1.68 bits per heavy atom. The van der Waals surface area contributed by atoms with Crippen LogP contribution in [0.3, 0.4) is 0 Å². The quantitative estimate of drug-likeness (QED) is 0.411. The first-order valence-electron chi connectivity index (χ1n) is 11.6. The number of methoxy groups -OCH3 is 3. The van der Waals surface area contributed by atoms with Gasteiger partial charge >= 0.3 is 0 Å². The zero-order valence-electron chi connectivity index (χ0n) is 20.9. The maximum atomic E-state index is 13.2. The molecule has 7 heteroatoms. The zero-order chi connectivity index (χ0) is 25.1. The van der Waals surface area contributed by atoms with Crippen LogP contribution in [-0.4, -0.2) is 57.6 Å². The van der Waals surface area contributed by atoms with Crippen LogP contribution in [0.5, 0.6) is 23.0 Å². The summed E-state index contributed by atoms with van der Waals surface area (Å²) in [5, 5.41) is 20.0. The van der Waals surface area contributed by atoms with Gasteiger partial charge in [-0.15, -0.1) is 0 Å². The second-order valence-corrected chi connectivity index (χ2v) is 8.70. The Bertz CT molecular complexity index is 960. The second-order valence-electron chi connectivity index (χ2n) is 8.70. The number of phenolic OH excluding ortho intramolecular Hbond substituents is 1. The van der Waals surface area contributed by atoms with E-state index >= 15 is 0 Å². The Hall–Kier alpha value is -2.98. The lowest BCUT2D eigenvalue weighted by Gasteiger charge is -2.33. The van der Waals surface area contributed by atoms with Gasteiger partial charge in [-0.2, -0.15) is 5.26 Å². The fourth-order valence-corrected chi connectivity index (χ4v) is 4.33. The van der Waals surface area contributed by atoms with Crippen molar-refractivity contribution in [2.24, 2.45) is 5.92 Å². The van der Waals surface area contributed by atoms with Crippen LogP contribution in [0.4, 0.5) is 4.39 Å². The summed E-state index contributed by atoms with van der Waals surface area (Å²) >= 11 is 0. The molecular formula is C27H37FN2O4. The largest absolute Gasteiger partial charge is 0.504 e. The summed E-state index contributed by atoms with van der Waals surface area (Å²) < 4.78 is 29.2. The minimum atomic E-state index is -0.689. The number of halogens is 1. The number of alkyl halides is 1. The lowest BCUT2D eigenvalue weighted by molar-refractivity contribution is 0.233. The van der Waals surface area contributed by atoms with E-state index in [1.54, 1.807) is 26.4 Å². The number of ether oxygens (including phenoxy) is 3. The Balaban J connectivity index is 2.11. The second kappa shape index (κ2) is 13.0. The molecule has 1 N–H and O–H groups in total. The molecule has 186 valence electrons. The van der Waals surface area contributed by atoms with E-state index < -0.39 is 12.1 Å². The summed E-state index contributed by atoms with van der Waals surface area (Å²) in [6.07, 6.45) is 2.10. The van der Waals surface area contributed by atoms with E-state index in [0.29, 0.717) is 49.7 Å². The van der Waals surface area contributed by atoms with Gasteiger partial charge in [-0.1, -0.05) is 26.0 Å². The summed E-state index contributed by atoms with van der Waals surface area (Å²) in [7, 11) is 4.69. The first kappa shape index (κ1) is 27.3. The Morgan fingerprint density at radius 1 is 0.971 bits per heavy atom. The van der Waals surface area contributed by atoms with Crippen molar-refractivity contribution in [1.82, 2.24) is 4.90 Å². The van der Waals surface area contributed by atoms with E-state index in [4.69, 9.17) is 14.2 Å². The minimum absolute atomic E-state index is 0.0784. The molecule has 0 unspecified atom stereocenters. The molecule has 0 bridgehead atoms. The third kappa shape index (κ3) is 6.54. The number of phenols is 1. The van der Waals surface area contributed by atoms with Gasteiger partial charge in [-0.25, -0.2) is 4.39 Å². The molecule has 0 saturated heterocycles. The fourth-order valence-electron chi connectivity index (χ4n) is 4.33. The standard InChI is InChI=1S/C27H37FN2O4/c1-20(2)27(19-29,22-8-10-24(32-3)26(18-22)34-5)12-6-14-30(16-13-28)15-11-21-7-9-23(31)25(17-21)33-4/h7-10,17-18,20,31H,6,11-16H2,1-5H3/t27-/m0/s1. The van der Waals surface area contributed by atoms with Crippen LogP contribution in [0.1, 0.15) is 37.8 Å². The topological polar surface area (TPSA) is 75.0 Å². The molecule has 2 rings (SSSR count). The van der Waals surface area contributed by atoms with E-state index in [1.807, 2.05) is 24.3 Å². The molecule has 6 nitrogen and oxygen atoms in total. The molecule has 0 aliphatic carbocycles. The van der Waals surface area contributed by atoms with Crippen LogP contribution >= 0.6 is 0 Å². The molecule has 1 atom stereocenters. The molecule has 0 heterocycles. The van der Waals surface area contributed by atoms with Crippen molar-refractivity contribution in [2.75, 3.05) is 47.6 Å². The number of rotatable bonds is 14. The number of nitriles is 1. The van der Waals surface area contributed by atoms with E-state index in [1.165, 1.54) is 7.11 Å². The van der Waals surface area contributed by atoms with Gasteiger partial charge in [-0.05, 0) is 67.1 Å². The van der Waals surface area contributed by atoms with Crippen molar-refractivity contribution < 1.29 is 23.7 Å². The highest BCUT2D eigenvalue weighted by molar-refractivity contribution is 5.47. The van der Waals surface area contributed by atoms with Gasteiger partial charge in [0.25, 0.3) is 0 Å². The summed E-state index contributed by atoms with van der Waals surface area (Å²) in [4.78, 5) is 2.08. The SMILES string of the molecule is COc1cc(CCN(CCF)CCC[C@@](C#N)(c2ccc(OC)c(OC)c2)C(C)C)ccc1O. The zero-order valence-corrected chi connectivity index (χ0v) is 20.9. The predicted octanol–water partition coefficient (Wildman–Crippen LogP) is 5.13. The van der Waals surface area contributed by atoms with Crippen LogP contribution in [0.25, 0.3) is 0 Å². The predicted molar refractivity (Wildman–Crippen MR) is 132 cm³/mol. The highest BCUT2D eigenvalue weighted by Gasteiger charge is 2.36. The maximum Gasteiger partial charge on any atom is 0.161 e. The van der Waals surface area contributed by atoms with Gasteiger partial charge in [0, 0.05) is 13.1 Å². The molecule has 0 aliphatic rings. The lowest BCUT2D eigenvalue weighted by Crippen LogP contribution is -2.34. The molecule has 0 radical (unpaired) electrons. The minimum Gasteiger partial charge on any atom is -0.504 e. The molecule has 0 fully saturated rings. The molecule has 0 aliphatic heterocycles. The molecule has 34 heavy (non-hydrogen) atoms. The molecule has 0 spiro atoms. The summed E-state index contributed by atoms with van der Waals surface area (Å²) in [5.74, 6) is 1.84. The number of nitrogens with zero attached hydrogens (tertiary/aromatic N) is 2. The van der Waals surface area contributed by atoms with E-state index in [-0.39, 0.29) is 11.7 Å². The number of aromatic hydroxyl groups is 1. The molecule has 0 saturated carbocycles. The van der Waals surface area contributed by atoms with E-state index in [0.717, 1.165) is 17.5 Å². The first-order valence-corrected chi connectivity index (χ1v) is 11.6. The molecule has 2 aromatic carbocycles. The van der Waals surface area contributed by atoms with Crippen molar-refractivity contribution in [3.05, 3.63) is 47.5 Å². The van der Waals surface area contributed by atoms with Crippen LogP contribution in [0.15, 0.2) is 36.4 Å². The molecule has 0 amide bonds. The molecule has 0 aromatic heterocycles. The Labute approximate surface area is 202 Å². The monoisotopic (exact) mass is 472 g/mol. The van der Waals surface area contributed by atoms with Gasteiger partial charge < -0.3 is 24.2 Å². The van der Waals surface area contributed by atoms with Gasteiger partial charge in [0.05, 0.1) is 32.8 Å². The average Bonchev–Trinajstić information content (AvgIpc) is 2.85. The highest BCUT2D eigenvalue weighted by Crippen LogP contribution is 2.40. The highest BCUT2D eigenvalue weighted by atomic mass is 19.1. The number of benzene rings is 2. The maximum absolute atomic E-state index is 13.2. The van der Waals surface area contributed by atoms with Crippen LogP contribution < -0.4 is 14.2 Å². The smallest absolute Gasteiger partial charge is 0.161 e. The van der Waals surface area contributed by atoms with Gasteiger partial charge in [0.2, 0.25) is 0 Å². The average molecular weight is 473 g/mol. The van der Waals surface area contributed by atoms with Crippen LogP contribution in [-0.2, 0) is 11.8 Å². The third-order valence-electron chi connectivity index (χ3n) is 6.49. The normalized spacial score (nSPS) is 12.9. The number of hydrogen-bond donors (Lipinski definition) is 1. The summed E-state index contributed by atoms with van der Waals surface area (Å²) in [6, 6.07) is 13.5. The van der Waals surface area contributed by atoms with E-state index in [2.05, 4.69) is 24.8 Å². The number of hydrogen-bond acceptors (Lipinski definition) is 6. The Kier molecular flexibility index (Phi) is 10.5. The van der Waals surface area contributed by atoms with Crippen molar-refractivity contribution in [2.45, 2.75) is 38.5 Å². The van der Waals surface area contributed by atoms with Crippen LogP contribution in [0.2, 0.25) is 0 Å². The van der Waals surface area contributed by atoms with E-state index in [9.17, 15) is 14.8 Å². The molecular weight excluding hydrogens is 435 g/mol.